The van der Waals surface area contributed by atoms with Crippen molar-refractivity contribution in [2.24, 2.45) is 13.0 Å². The quantitative estimate of drug-likeness (QED) is 0.745. The van der Waals surface area contributed by atoms with Gasteiger partial charge in [-0.1, -0.05) is 0 Å². The van der Waals surface area contributed by atoms with Gasteiger partial charge in [-0.3, -0.25) is 14.2 Å². The lowest BCUT2D eigenvalue weighted by atomic mass is 9.95. The Morgan fingerprint density at radius 3 is 2.53 bits per heavy atom. The van der Waals surface area contributed by atoms with Crippen molar-refractivity contribution in [3.63, 3.8) is 0 Å². The van der Waals surface area contributed by atoms with E-state index in [1.165, 1.54) is 9.25 Å². The molecule has 2 aromatic rings. The van der Waals surface area contributed by atoms with E-state index in [-0.39, 0.29) is 35.9 Å². The summed E-state index contributed by atoms with van der Waals surface area (Å²) in [5.74, 6) is 2.13. The van der Waals surface area contributed by atoms with E-state index >= 15 is 0 Å². The summed E-state index contributed by atoms with van der Waals surface area (Å²) in [5, 5.41) is 7.24. The van der Waals surface area contributed by atoms with Crippen LogP contribution in [0.2, 0.25) is 0 Å². The number of aromatic nitrogens is 3. The van der Waals surface area contributed by atoms with Crippen LogP contribution in [0.1, 0.15) is 37.4 Å². The predicted octanol–water partition coefficient (Wildman–Crippen LogP) is 1.11. The molecule has 10 heteroatoms. The zero-order chi connectivity index (χ0) is 22.2. The molecule has 1 aromatic carbocycles. The molecular formula is C22H27N5O5. The number of ether oxygens (including phenoxy) is 2. The number of carbonyl (C=O) groups excluding carboxylic acids is 2. The minimum absolute atomic E-state index is 0.0954. The molecule has 2 fully saturated rings. The van der Waals surface area contributed by atoms with Gasteiger partial charge in [0.05, 0.1) is 0 Å². The van der Waals surface area contributed by atoms with E-state index in [1.54, 1.807) is 25.2 Å². The summed E-state index contributed by atoms with van der Waals surface area (Å²) in [6.07, 6.45) is 3.55. The Labute approximate surface area is 185 Å². The Kier molecular flexibility index (Phi) is 5.36. The van der Waals surface area contributed by atoms with Crippen molar-refractivity contribution in [2.45, 2.75) is 38.1 Å². The molecule has 32 heavy (non-hydrogen) atoms. The lowest BCUT2D eigenvalue weighted by molar-refractivity contribution is -0.133. The number of amides is 2. The monoisotopic (exact) mass is 441 g/mol. The van der Waals surface area contributed by atoms with Gasteiger partial charge in [-0.25, -0.2) is 9.48 Å². The number of anilines is 1. The van der Waals surface area contributed by atoms with Crippen LogP contribution in [0, 0.1) is 5.92 Å². The first-order chi connectivity index (χ1) is 15.5. The van der Waals surface area contributed by atoms with Crippen molar-refractivity contribution < 1.29 is 19.1 Å². The number of rotatable bonds is 5. The minimum atomic E-state index is -0.349. The fourth-order valence-electron chi connectivity index (χ4n) is 4.37. The highest BCUT2D eigenvalue weighted by Gasteiger charge is 2.36. The van der Waals surface area contributed by atoms with E-state index in [1.807, 2.05) is 4.90 Å². The van der Waals surface area contributed by atoms with Crippen LogP contribution >= 0.6 is 0 Å². The van der Waals surface area contributed by atoms with Crippen LogP contribution in [0.4, 0.5) is 5.69 Å². The van der Waals surface area contributed by atoms with E-state index in [2.05, 4.69) is 10.4 Å². The fraction of sp³-hybridized carbons (Fsp3) is 0.545. The maximum absolute atomic E-state index is 12.7. The Hall–Kier alpha value is -3.30. The fourth-order valence-corrected chi connectivity index (χ4v) is 4.37. The van der Waals surface area contributed by atoms with Gasteiger partial charge >= 0.3 is 5.69 Å². The largest absolute Gasteiger partial charge is 0.486 e. The predicted molar refractivity (Wildman–Crippen MR) is 115 cm³/mol. The van der Waals surface area contributed by atoms with Crippen LogP contribution in [0.15, 0.2) is 23.0 Å². The van der Waals surface area contributed by atoms with Crippen LogP contribution in [0.5, 0.6) is 11.5 Å². The van der Waals surface area contributed by atoms with Gasteiger partial charge in [0, 0.05) is 43.7 Å². The Bertz CT molecular complexity index is 1090. The zero-order valence-corrected chi connectivity index (χ0v) is 18.1. The highest BCUT2D eigenvalue weighted by molar-refractivity contribution is 5.90. The van der Waals surface area contributed by atoms with Gasteiger partial charge in [-0.2, -0.15) is 5.10 Å². The molecule has 5 rings (SSSR count). The highest BCUT2D eigenvalue weighted by atomic mass is 16.6. The maximum Gasteiger partial charge on any atom is 0.346 e. The first-order valence-electron chi connectivity index (χ1n) is 11.1. The second-order valence-electron chi connectivity index (χ2n) is 8.64. The molecule has 2 aliphatic heterocycles. The molecule has 0 radical (unpaired) electrons. The Morgan fingerprint density at radius 1 is 1.09 bits per heavy atom. The molecule has 1 saturated heterocycles. The number of hydrogen-bond acceptors (Lipinski definition) is 6. The van der Waals surface area contributed by atoms with E-state index < -0.39 is 0 Å². The van der Waals surface area contributed by atoms with Gasteiger partial charge in [-0.15, -0.1) is 0 Å². The third-order valence-electron chi connectivity index (χ3n) is 6.29. The number of piperidine rings is 1. The average Bonchev–Trinajstić information content (AvgIpc) is 3.62. The van der Waals surface area contributed by atoms with Gasteiger partial charge in [0.25, 0.3) is 0 Å². The second kappa shape index (κ2) is 8.33. The molecule has 1 N–H and O–H groups in total. The lowest BCUT2D eigenvalue weighted by Gasteiger charge is -2.31. The van der Waals surface area contributed by atoms with E-state index in [0.717, 1.165) is 25.7 Å². The van der Waals surface area contributed by atoms with Crippen molar-refractivity contribution in [3.8, 4) is 11.5 Å². The summed E-state index contributed by atoms with van der Waals surface area (Å²) < 4.78 is 13.7. The number of likely N-dealkylation sites (tertiary alicyclic amines) is 1. The highest BCUT2D eigenvalue weighted by Crippen LogP contribution is 2.34. The Morgan fingerprint density at radius 2 is 1.81 bits per heavy atom. The zero-order valence-electron chi connectivity index (χ0n) is 18.1. The normalized spacial score (nSPS) is 18.5. The topological polar surface area (TPSA) is 108 Å². The first-order valence-corrected chi connectivity index (χ1v) is 11.1. The minimum Gasteiger partial charge on any atom is -0.486 e. The number of carbonyl (C=O) groups is 2. The molecule has 1 aliphatic carbocycles. The molecule has 0 spiro atoms. The van der Waals surface area contributed by atoms with Gasteiger partial charge in [-0.05, 0) is 37.8 Å². The second-order valence-corrected chi connectivity index (χ2v) is 8.64. The molecule has 2 amide bonds. The Balaban J connectivity index is 1.22. The number of benzene rings is 1. The van der Waals surface area contributed by atoms with Crippen molar-refractivity contribution >= 4 is 17.5 Å². The van der Waals surface area contributed by atoms with Crippen molar-refractivity contribution in [3.05, 3.63) is 34.5 Å². The van der Waals surface area contributed by atoms with Crippen LogP contribution in [0.25, 0.3) is 0 Å². The number of fused-ring (bicyclic) bond motifs is 1. The third-order valence-corrected chi connectivity index (χ3v) is 6.29. The van der Waals surface area contributed by atoms with Crippen LogP contribution in [-0.2, 0) is 23.2 Å². The average molecular weight is 441 g/mol. The summed E-state index contributed by atoms with van der Waals surface area (Å²) in [7, 11) is 1.68. The molecule has 1 aromatic heterocycles. The van der Waals surface area contributed by atoms with Crippen LogP contribution < -0.4 is 20.5 Å². The van der Waals surface area contributed by atoms with E-state index in [9.17, 15) is 14.4 Å². The molecular weight excluding hydrogens is 414 g/mol. The molecule has 3 aliphatic rings. The van der Waals surface area contributed by atoms with Gasteiger partial charge in [0.1, 0.15) is 25.6 Å². The van der Waals surface area contributed by atoms with E-state index in [0.29, 0.717) is 49.3 Å². The van der Waals surface area contributed by atoms with Crippen molar-refractivity contribution in [1.82, 2.24) is 19.2 Å². The third kappa shape index (κ3) is 4.09. The molecule has 0 bridgehead atoms. The van der Waals surface area contributed by atoms with Crippen molar-refractivity contribution in [2.75, 3.05) is 31.6 Å². The smallest absolute Gasteiger partial charge is 0.346 e. The standard InChI is InChI=1S/C22H27N5O5/c1-25-20(14-6-8-26(9-7-14)21(29)15-2-3-15)24-27(22(25)30)13-19(28)23-16-4-5-17-18(12-16)32-11-10-31-17/h4-5,12,14-15H,2-3,6-11,13H2,1H3,(H,23,28). The molecule has 10 nitrogen and oxygen atoms in total. The summed E-state index contributed by atoms with van der Waals surface area (Å²) in [6, 6.07) is 5.18. The van der Waals surface area contributed by atoms with Crippen LogP contribution in [-0.4, -0.2) is 57.4 Å². The number of hydrogen-bond donors (Lipinski definition) is 1. The summed E-state index contributed by atoms with van der Waals surface area (Å²) in [5.41, 5.74) is 0.241. The van der Waals surface area contributed by atoms with Gasteiger partial charge < -0.3 is 19.7 Å². The molecule has 3 heterocycles. The van der Waals surface area contributed by atoms with Crippen LogP contribution in [0.3, 0.4) is 0 Å². The van der Waals surface area contributed by atoms with Gasteiger partial charge in [0.15, 0.2) is 11.5 Å². The number of nitrogens with one attached hydrogen (secondary N) is 1. The van der Waals surface area contributed by atoms with Gasteiger partial charge in [0.2, 0.25) is 11.8 Å². The lowest BCUT2D eigenvalue weighted by Crippen LogP contribution is -2.39. The maximum atomic E-state index is 12.7. The summed E-state index contributed by atoms with van der Waals surface area (Å²) in [6.45, 7) is 2.15. The van der Waals surface area contributed by atoms with Crippen molar-refractivity contribution in [1.29, 1.82) is 0 Å². The van der Waals surface area contributed by atoms with E-state index in [4.69, 9.17) is 9.47 Å². The molecule has 170 valence electrons. The summed E-state index contributed by atoms with van der Waals surface area (Å²) >= 11 is 0. The molecule has 0 atom stereocenters. The molecule has 1 saturated carbocycles. The first kappa shape index (κ1) is 20.6. The summed E-state index contributed by atoms with van der Waals surface area (Å²) in [4.78, 5) is 39.4. The number of nitrogens with zero attached hydrogens (tertiary/aromatic N) is 4. The molecule has 0 unspecified atom stereocenters. The SMILES string of the molecule is Cn1c(C2CCN(C(=O)C3CC3)CC2)nn(CC(=O)Nc2ccc3c(c2)OCCO3)c1=O.